The highest BCUT2D eigenvalue weighted by atomic mass is 16.5. The fourth-order valence-corrected chi connectivity index (χ4v) is 1.97. The minimum absolute atomic E-state index is 0.0445. The molecule has 1 aromatic rings. The van der Waals surface area contributed by atoms with Crippen LogP contribution in [0.5, 0.6) is 0 Å². The Labute approximate surface area is 94.6 Å². The Hall–Kier alpha value is -1.36. The molecule has 2 heterocycles. The molecule has 0 aliphatic carbocycles. The van der Waals surface area contributed by atoms with Gasteiger partial charge in [0.05, 0.1) is 12.1 Å². The molecule has 1 aliphatic rings. The van der Waals surface area contributed by atoms with Crippen molar-refractivity contribution in [2.75, 3.05) is 13.1 Å². The van der Waals surface area contributed by atoms with Gasteiger partial charge in [0.2, 0.25) is 5.91 Å². The number of aromatic nitrogens is 1. The van der Waals surface area contributed by atoms with Gasteiger partial charge in [-0.15, -0.1) is 0 Å². The molecular weight excluding hydrogens is 206 g/mol. The Kier molecular flexibility index (Phi) is 3.24. The van der Waals surface area contributed by atoms with Gasteiger partial charge in [0.25, 0.3) is 0 Å². The number of nitrogens with zero attached hydrogens (tertiary/aromatic N) is 1. The zero-order valence-corrected chi connectivity index (χ0v) is 9.67. The molecule has 2 N–H and O–H groups in total. The van der Waals surface area contributed by atoms with Gasteiger partial charge in [-0.2, -0.15) is 0 Å². The standard InChI is InChI=1S/C11H17N3O2/c1-7-10(8(2)16-14-7)5-11(15)13-9-3-4-12-6-9/h9,12H,3-6H2,1-2H3,(H,13,15)/t9-/m0/s1. The number of carbonyl (C=O) groups excluding carboxylic acids is 1. The quantitative estimate of drug-likeness (QED) is 0.774. The number of carbonyl (C=O) groups is 1. The summed E-state index contributed by atoms with van der Waals surface area (Å²) in [5.41, 5.74) is 1.71. The van der Waals surface area contributed by atoms with Gasteiger partial charge in [-0.1, -0.05) is 5.16 Å². The summed E-state index contributed by atoms with van der Waals surface area (Å²) in [5, 5.41) is 10.0. The predicted octanol–water partition coefficient (Wildman–Crippen LogP) is 0.312. The van der Waals surface area contributed by atoms with E-state index in [9.17, 15) is 4.79 Å². The highest BCUT2D eigenvalue weighted by molar-refractivity contribution is 5.79. The van der Waals surface area contributed by atoms with Crippen LogP contribution < -0.4 is 10.6 Å². The Morgan fingerprint density at radius 2 is 2.44 bits per heavy atom. The molecule has 0 unspecified atom stereocenters. The second-order valence-corrected chi connectivity index (χ2v) is 4.24. The number of hydrogen-bond donors (Lipinski definition) is 2. The summed E-state index contributed by atoms with van der Waals surface area (Å²) in [6, 6.07) is 0.271. The van der Waals surface area contributed by atoms with Crippen LogP contribution in [0.3, 0.4) is 0 Å². The molecule has 1 aliphatic heterocycles. The molecule has 2 rings (SSSR count). The average Bonchev–Trinajstić information content (AvgIpc) is 2.83. The summed E-state index contributed by atoms with van der Waals surface area (Å²) < 4.78 is 5.02. The monoisotopic (exact) mass is 223 g/mol. The van der Waals surface area contributed by atoms with E-state index in [4.69, 9.17) is 4.52 Å². The van der Waals surface area contributed by atoms with Crippen LogP contribution >= 0.6 is 0 Å². The van der Waals surface area contributed by atoms with Gasteiger partial charge in [-0.3, -0.25) is 4.79 Å². The number of nitrogens with one attached hydrogen (secondary N) is 2. The van der Waals surface area contributed by atoms with Crippen molar-refractivity contribution in [3.05, 3.63) is 17.0 Å². The van der Waals surface area contributed by atoms with Crippen molar-refractivity contribution in [1.82, 2.24) is 15.8 Å². The topological polar surface area (TPSA) is 67.2 Å². The third-order valence-electron chi connectivity index (χ3n) is 2.94. The normalized spacial score (nSPS) is 20.0. The van der Waals surface area contributed by atoms with Crippen LogP contribution in [0.15, 0.2) is 4.52 Å². The highest BCUT2D eigenvalue weighted by Gasteiger charge is 2.19. The highest BCUT2D eigenvalue weighted by Crippen LogP contribution is 2.12. The summed E-state index contributed by atoms with van der Waals surface area (Å²) in [6.07, 6.45) is 1.37. The first-order valence-corrected chi connectivity index (χ1v) is 5.58. The van der Waals surface area contributed by atoms with Crippen molar-refractivity contribution in [3.8, 4) is 0 Å². The van der Waals surface area contributed by atoms with Gasteiger partial charge in [0, 0.05) is 18.2 Å². The van der Waals surface area contributed by atoms with E-state index in [1.54, 1.807) is 0 Å². The lowest BCUT2D eigenvalue weighted by molar-refractivity contribution is -0.121. The number of amides is 1. The van der Waals surface area contributed by atoms with E-state index in [0.29, 0.717) is 6.42 Å². The van der Waals surface area contributed by atoms with E-state index in [-0.39, 0.29) is 11.9 Å². The molecule has 0 spiro atoms. The van der Waals surface area contributed by atoms with E-state index < -0.39 is 0 Å². The summed E-state index contributed by atoms with van der Waals surface area (Å²) in [4.78, 5) is 11.8. The molecule has 16 heavy (non-hydrogen) atoms. The Bertz CT molecular complexity index is 361. The second kappa shape index (κ2) is 4.65. The SMILES string of the molecule is Cc1noc(C)c1CC(=O)N[C@H]1CCNC1. The Morgan fingerprint density at radius 3 is 3.00 bits per heavy atom. The number of hydrogen-bond acceptors (Lipinski definition) is 4. The van der Waals surface area contributed by atoms with Crippen molar-refractivity contribution in [3.63, 3.8) is 0 Å². The maximum atomic E-state index is 11.8. The smallest absolute Gasteiger partial charge is 0.224 e. The van der Waals surface area contributed by atoms with E-state index in [1.165, 1.54) is 0 Å². The van der Waals surface area contributed by atoms with E-state index in [1.807, 2.05) is 13.8 Å². The molecule has 0 radical (unpaired) electrons. The zero-order chi connectivity index (χ0) is 11.5. The summed E-state index contributed by atoms with van der Waals surface area (Å²) >= 11 is 0. The fraction of sp³-hybridized carbons (Fsp3) is 0.636. The van der Waals surface area contributed by atoms with Crippen LogP contribution in [-0.4, -0.2) is 30.2 Å². The number of rotatable bonds is 3. The van der Waals surface area contributed by atoms with Gasteiger partial charge in [-0.05, 0) is 26.8 Å². The molecule has 0 bridgehead atoms. The fourth-order valence-electron chi connectivity index (χ4n) is 1.97. The van der Waals surface area contributed by atoms with E-state index in [0.717, 1.165) is 36.5 Å². The van der Waals surface area contributed by atoms with E-state index >= 15 is 0 Å². The Balaban J connectivity index is 1.91. The molecule has 5 heteroatoms. The zero-order valence-electron chi connectivity index (χ0n) is 9.67. The maximum Gasteiger partial charge on any atom is 0.224 e. The van der Waals surface area contributed by atoms with Crippen LogP contribution in [0.25, 0.3) is 0 Å². The Morgan fingerprint density at radius 1 is 1.62 bits per heavy atom. The lowest BCUT2D eigenvalue weighted by Crippen LogP contribution is -2.37. The molecule has 5 nitrogen and oxygen atoms in total. The van der Waals surface area contributed by atoms with Crippen LogP contribution in [0.1, 0.15) is 23.4 Å². The molecule has 0 saturated carbocycles. The minimum atomic E-state index is 0.0445. The molecule has 1 atom stereocenters. The number of aryl methyl sites for hydroxylation is 2. The van der Waals surface area contributed by atoms with Gasteiger partial charge in [0.1, 0.15) is 5.76 Å². The van der Waals surface area contributed by atoms with Crippen LogP contribution in [0.2, 0.25) is 0 Å². The minimum Gasteiger partial charge on any atom is -0.361 e. The average molecular weight is 223 g/mol. The third-order valence-corrected chi connectivity index (χ3v) is 2.94. The van der Waals surface area contributed by atoms with Crippen molar-refractivity contribution < 1.29 is 9.32 Å². The van der Waals surface area contributed by atoms with Gasteiger partial charge in [-0.25, -0.2) is 0 Å². The van der Waals surface area contributed by atoms with Crippen molar-refractivity contribution in [2.45, 2.75) is 32.7 Å². The van der Waals surface area contributed by atoms with Crippen LogP contribution in [-0.2, 0) is 11.2 Å². The third kappa shape index (κ3) is 2.41. The molecule has 1 fully saturated rings. The molecule has 0 aromatic carbocycles. The van der Waals surface area contributed by atoms with Crippen molar-refractivity contribution in [1.29, 1.82) is 0 Å². The largest absolute Gasteiger partial charge is 0.361 e. The summed E-state index contributed by atoms with van der Waals surface area (Å²) in [5.74, 6) is 0.778. The van der Waals surface area contributed by atoms with Crippen LogP contribution in [0.4, 0.5) is 0 Å². The molecule has 1 amide bonds. The predicted molar refractivity (Wildman–Crippen MR) is 59.1 cm³/mol. The van der Waals surface area contributed by atoms with Crippen molar-refractivity contribution >= 4 is 5.91 Å². The lowest BCUT2D eigenvalue weighted by Gasteiger charge is -2.10. The van der Waals surface area contributed by atoms with Crippen molar-refractivity contribution in [2.24, 2.45) is 0 Å². The first-order chi connectivity index (χ1) is 7.66. The molecule has 1 saturated heterocycles. The van der Waals surface area contributed by atoms with E-state index in [2.05, 4.69) is 15.8 Å². The summed E-state index contributed by atoms with van der Waals surface area (Å²) in [6.45, 7) is 5.54. The maximum absolute atomic E-state index is 11.8. The van der Waals surface area contributed by atoms with Gasteiger partial charge >= 0.3 is 0 Å². The first-order valence-electron chi connectivity index (χ1n) is 5.58. The second-order valence-electron chi connectivity index (χ2n) is 4.24. The molecular formula is C11H17N3O2. The van der Waals surface area contributed by atoms with Crippen LogP contribution in [0, 0.1) is 13.8 Å². The summed E-state index contributed by atoms with van der Waals surface area (Å²) in [7, 11) is 0. The van der Waals surface area contributed by atoms with Gasteiger partial charge < -0.3 is 15.2 Å². The van der Waals surface area contributed by atoms with Gasteiger partial charge in [0.15, 0.2) is 0 Å². The molecule has 88 valence electrons. The first kappa shape index (κ1) is 11.1. The lowest BCUT2D eigenvalue weighted by atomic mass is 10.1. The molecule has 1 aromatic heterocycles.